The molecule has 0 aliphatic heterocycles. The fourth-order valence-corrected chi connectivity index (χ4v) is 7.71. The van der Waals surface area contributed by atoms with Crippen molar-refractivity contribution >= 4 is 49.4 Å². The summed E-state index contributed by atoms with van der Waals surface area (Å²) in [5.41, 5.74) is 13.3. The second kappa shape index (κ2) is 12.8. The van der Waals surface area contributed by atoms with Gasteiger partial charge in [-0.2, -0.15) is 0 Å². The van der Waals surface area contributed by atoms with Crippen LogP contribution in [0.3, 0.4) is 0 Å². The molecule has 0 bridgehead atoms. The average molecular weight is 652 g/mol. The lowest BCUT2D eigenvalue weighted by molar-refractivity contribution is 1.29. The highest BCUT2D eigenvalue weighted by Crippen LogP contribution is 2.50. The number of rotatable bonds is 6. The number of anilines is 3. The lowest BCUT2D eigenvalue weighted by Gasteiger charge is -2.27. The first-order chi connectivity index (χ1) is 25.1. The van der Waals surface area contributed by atoms with Crippen molar-refractivity contribution in [2.24, 2.45) is 0 Å². The van der Waals surface area contributed by atoms with Crippen LogP contribution in [-0.2, 0) is 0 Å². The van der Waals surface area contributed by atoms with Gasteiger partial charge in [0.2, 0.25) is 0 Å². The number of nitrogens with zero attached hydrogens (tertiary/aromatic N) is 1. The molecule has 0 N–H and O–H groups in total. The van der Waals surface area contributed by atoms with E-state index in [1.807, 2.05) is 0 Å². The summed E-state index contributed by atoms with van der Waals surface area (Å²) in [4.78, 5) is 2.36. The third-order valence-corrected chi connectivity index (χ3v) is 10.2. The number of hydrogen-bond donors (Lipinski definition) is 0. The molecule has 0 saturated carbocycles. The minimum Gasteiger partial charge on any atom is -0.310 e. The van der Waals surface area contributed by atoms with Crippen molar-refractivity contribution in [1.82, 2.24) is 0 Å². The lowest BCUT2D eigenvalue weighted by atomic mass is 9.81. The Labute approximate surface area is 299 Å². The fourth-order valence-electron chi connectivity index (χ4n) is 7.71. The minimum atomic E-state index is 1.13. The van der Waals surface area contributed by atoms with Gasteiger partial charge in [0.15, 0.2) is 0 Å². The predicted octanol–water partition coefficient (Wildman–Crippen LogP) is 14.2. The van der Waals surface area contributed by atoms with Crippen LogP contribution in [0.2, 0.25) is 0 Å². The van der Waals surface area contributed by atoms with Crippen molar-refractivity contribution < 1.29 is 0 Å². The molecule has 0 aliphatic rings. The maximum atomic E-state index is 2.44. The molecule has 242 valence electrons. The molecule has 51 heavy (non-hydrogen) atoms. The molecule has 1 heteroatoms. The predicted molar refractivity (Wildman–Crippen MR) is 219 cm³/mol. The van der Waals surface area contributed by atoms with Crippen molar-refractivity contribution in [2.75, 3.05) is 4.90 Å². The van der Waals surface area contributed by atoms with E-state index in [0.717, 1.165) is 17.1 Å². The van der Waals surface area contributed by atoms with E-state index in [1.54, 1.807) is 0 Å². The number of aryl methyl sites for hydroxylation is 2. The summed E-state index contributed by atoms with van der Waals surface area (Å²) in [6.07, 6.45) is 0. The fraction of sp³-hybridized carbons (Fsp3) is 0.0400. The quantitative estimate of drug-likeness (QED) is 0.162. The Morgan fingerprint density at radius 1 is 0.314 bits per heavy atom. The average Bonchev–Trinajstić information content (AvgIpc) is 3.19. The molecular formula is C50H37N. The highest BCUT2D eigenvalue weighted by atomic mass is 15.1. The van der Waals surface area contributed by atoms with E-state index in [1.165, 1.54) is 76.8 Å². The largest absolute Gasteiger partial charge is 0.310 e. The molecule has 0 atom stereocenters. The summed E-state index contributed by atoms with van der Waals surface area (Å²) in [5.74, 6) is 0. The number of fused-ring (bicyclic) bond motifs is 6. The van der Waals surface area contributed by atoms with Crippen LogP contribution in [0.25, 0.3) is 65.7 Å². The van der Waals surface area contributed by atoms with Crippen LogP contribution >= 0.6 is 0 Å². The van der Waals surface area contributed by atoms with Gasteiger partial charge in [-0.05, 0) is 122 Å². The van der Waals surface area contributed by atoms with Gasteiger partial charge >= 0.3 is 0 Å². The van der Waals surface area contributed by atoms with Crippen LogP contribution in [-0.4, -0.2) is 0 Å². The van der Waals surface area contributed by atoms with Gasteiger partial charge in [0, 0.05) is 17.1 Å². The smallest absolute Gasteiger partial charge is 0.0468 e. The van der Waals surface area contributed by atoms with Gasteiger partial charge in [0.05, 0.1) is 0 Å². The maximum absolute atomic E-state index is 2.44. The maximum Gasteiger partial charge on any atom is 0.0468 e. The van der Waals surface area contributed by atoms with Gasteiger partial charge in [-0.25, -0.2) is 0 Å². The van der Waals surface area contributed by atoms with Gasteiger partial charge in [0.1, 0.15) is 0 Å². The summed E-state index contributed by atoms with van der Waals surface area (Å²) < 4.78 is 0. The van der Waals surface area contributed by atoms with E-state index < -0.39 is 0 Å². The Morgan fingerprint density at radius 3 is 1.41 bits per heavy atom. The van der Waals surface area contributed by atoms with Gasteiger partial charge in [-0.15, -0.1) is 0 Å². The molecule has 0 aromatic heterocycles. The zero-order valence-electron chi connectivity index (χ0n) is 28.8. The van der Waals surface area contributed by atoms with Crippen molar-refractivity contribution in [3.63, 3.8) is 0 Å². The Bertz CT molecular complexity index is 2620. The molecule has 0 fully saturated rings. The zero-order chi connectivity index (χ0) is 34.3. The van der Waals surface area contributed by atoms with Gasteiger partial charge in [-0.3, -0.25) is 0 Å². The standard InChI is InChI=1S/C50H37N/c1-34-22-26-37(27-23-34)46-33-45(36-14-6-3-7-15-36)48(38-28-24-35(2)25-29-38)50-43-21-13-12-20-42(43)47-32-41(30-31-44(47)49(46)50)51(39-16-8-4-9-17-39)40-18-10-5-11-19-40/h3-33H,1-2H3. The monoisotopic (exact) mass is 651 g/mol. The van der Waals surface area contributed by atoms with E-state index in [-0.39, 0.29) is 0 Å². The Balaban J connectivity index is 1.46. The van der Waals surface area contributed by atoms with Crippen molar-refractivity contribution in [2.45, 2.75) is 13.8 Å². The molecule has 0 radical (unpaired) electrons. The van der Waals surface area contributed by atoms with Crippen molar-refractivity contribution in [3.8, 4) is 33.4 Å². The molecule has 9 aromatic rings. The van der Waals surface area contributed by atoms with Gasteiger partial charge in [-0.1, -0.05) is 157 Å². The van der Waals surface area contributed by atoms with E-state index in [0.29, 0.717) is 0 Å². The molecule has 0 heterocycles. The normalized spacial score (nSPS) is 11.3. The van der Waals surface area contributed by atoms with E-state index in [2.05, 4.69) is 207 Å². The SMILES string of the molecule is Cc1ccc(-c2cc(-c3ccccc3)c(-c3ccc(C)cc3)c3c4ccccc4c4cc(N(c5ccccc5)c5ccccc5)ccc4c23)cc1. The van der Waals surface area contributed by atoms with Crippen LogP contribution in [0.5, 0.6) is 0 Å². The third kappa shape index (κ3) is 5.44. The molecule has 0 unspecified atom stereocenters. The molecule has 0 spiro atoms. The van der Waals surface area contributed by atoms with Crippen LogP contribution in [0.15, 0.2) is 188 Å². The third-order valence-electron chi connectivity index (χ3n) is 10.2. The van der Waals surface area contributed by atoms with Crippen LogP contribution in [0.4, 0.5) is 17.1 Å². The number of benzene rings is 9. The van der Waals surface area contributed by atoms with Crippen LogP contribution in [0.1, 0.15) is 11.1 Å². The molecule has 1 nitrogen and oxygen atoms in total. The first-order valence-corrected chi connectivity index (χ1v) is 17.7. The summed E-state index contributed by atoms with van der Waals surface area (Å²) in [7, 11) is 0. The van der Waals surface area contributed by atoms with Gasteiger partial charge in [0.25, 0.3) is 0 Å². The second-order valence-electron chi connectivity index (χ2n) is 13.5. The first kappa shape index (κ1) is 30.6. The Kier molecular flexibility index (Phi) is 7.67. The highest BCUT2D eigenvalue weighted by Gasteiger charge is 2.22. The second-order valence-corrected chi connectivity index (χ2v) is 13.5. The molecule has 0 saturated heterocycles. The van der Waals surface area contributed by atoms with Crippen LogP contribution in [0, 0.1) is 13.8 Å². The molecule has 0 amide bonds. The summed E-state index contributed by atoms with van der Waals surface area (Å²) >= 11 is 0. The minimum absolute atomic E-state index is 1.13. The van der Waals surface area contributed by atoms with Crippen molar-refractivity contribution in [3.05, 3.63) is 199 Å². The highest BCUT2D eigenvalue weighted by molar-refractivity contribution is 6.33. The number of hydrogen-bond acceptors (Lipinski definition) is 1. The molecule has 0 aliphatic carbocycles. The Hall–Kier alpha value is -6.44. The van der Waals surface area contributed by atoms with Crippen molar-refractivity contribution in [1.29, 1.82) is 0 Å². The summed E-state index contributed by atoms with van der Waals surface area (Å²) in [5, 5.41) is 7.55. The molecule has 9 rings (SSSR count). The Morgan fingerprint density at radius 2 is 0.804 bits per heavy atom. The summed E-state index contributed by atoms with van der Waals surface area (Å²) in [6.45, 7) is 4.32. The topological polar surface area (TPSA) is 3.24 Å². The molecular weight excluding hydrogens is 615 g/mol. The lowest BCUT2D eigenvalue weighted by Crippen LogP contribution is -2.09. The summed E-state index contributed by atoms with van der Waals surface area (Å²) in [6, 6.07) is 68.8. The van der Waals surface area contributed by atoms with E-state index in [9.17, 15) is 0 Å². The van der Waals surface area contributed by atoms with E-state index >= 15 is 0 Å². The number of para-hydroxylation sites is 2. The van der Waals surface area contributed by atoms with E-state index in [4.69, 9.17) is 0 Å². The first-order valence-electron chi connectivity index (χ1n) is 17.7. The zero-order valence-corrected chi connectivity index (χ0v) is 28.8. The molecule has 9 aromatic carbocycles. The van der Waals surface area contributed by atoms with Gasteiger partial charge < -0.3 is 4.90 Å². The van der Waals surface area contributed by atoms with Crippen LogP contribution < -0.4 is 4.90 Å².